The van der Waals surface area contributed by atoms with E-state index in [-0.39, 0.29) is 17.2 Å². The lowest BCUT2D eigenvalue weighted by molar-refractivity contribution is -0.124. The number of nitrogens with zero attached hydrogens (tertiary/aromatic N) is 1. The van der Waals surface area contributed by atoms with E-state index >= 15 is 0 Å². The predicted molar refractivity (Wildman–Crippen MR) is 116 cm³/mol. The number of aryl methyl sites for hydroxylation is 1. The third-order valence-corrected chi connectivity index (χ3v) is 6.75. The van der Waals surface area contributed by atoms with Crippen LogP contribution in [-0.4, -0.2) is 35.1 Å². The highest BCUT2D eigenvalue weighted by Crippen LogP contribution is 2.43. The Morgan fingerprint density at radius 2 is 1.93 bits per heavy atom. The van der Waals surface area contributed by atoms with Crippen molar-refractivity contribution in [3.8, 4) is 0 Å². The van der Waals surface area contributed by atoms with Gasteiger partial charge in [-0.25, -0.2) is 0 Å². The van der Waals surface area contributed by atoms with E-state index in [1.165, 1.54) is 0 Å². The van der Waals surface area contributed by atoms with Crippen molar-refractivity contribution in [2.45, 2.75) is 31.7 Å². The zero-order chi connectivity index (χ0) is 20.3. The van der Waals surface area contributed by atoms with Crippen LogP contribution in [0.25, 0.3) is 0 Å². The third-order valence-electron chi connectivity index (χ3n) is 4.69. The molecular weight excluding hydrogens is 415 g/mol. The Balaban J connectivity index is 1.99. The van der Waals surface area contributed by atoms with Gasteiger partial charge in [-0.3, -0.25) is 9.59 Å². The summed E-state index contributed by atoms with van der Waals surface area (Å²) in [5.74, 6) is 0.243. The molecule has 0 saturated carbocycles. The lowest BCUT2D eigenvalue weighted by Gasteiger charge is -2.30. The van der Waals surface area contributed by atoms with Gasteiger partial charge in [-0.15, -0.1) is 11.8 Å². The van der Waals surface area contributed by atoms with Gasteiger partial charge in [0.15, 0.2) is 0 Å². The molecule has 1 N–H and O–H groups in total. The molecule has 0 radical (unpaired) electrons. The summed E-state index contributed by atoms with van der Waals surface area (Å²) in [5.41, 5.74) is 2.33. The summed E-state index contributed by atoms with van der Waals surface area (Å²) in [6.07, 6.45) is 0.841. The van der Waals surface area contributed by atoms with Crippen molar-refractivity contribution >= 4 is 46.8 Å². The quantitative estimate of drug-likeness (QED) is 0.710. The Labute approximate surface area is 179 Å². The highest BCUT2D eigenvalue weighted by molar-refractivity contribution is 7.99. The van der Waals surface area contributed by atoms with Crippen LogP contribution in [0.2, 0.25) is 10.0 Å². The van der Waals surface area contributed by atoms with Crippen molar-refractivity contribution in [3.63, 3.8) is 0 Å². The summed E-state index contributed by atoms with van der Waals surface area (Å²) in [4.78, 5) is 27.9. The number of halogens is 2. The van der Waals surface area contributed by atoms with Gasteiger partial charge in [0.1, 0.15) is 11.4 Å². The second kappa shape index (κ2) is 9.21. The largest absolute Gasteiger partial charge is 0.354 e. The van der Waals surface area contributed by atoms with Crippen LogP contribution in [0.5, 0.6) is 0 Å². The maximum atomic E-state index is 13.5. The first kappa shape index (κ1) is 21.0. The molecule has 0 aromatic heterocycles. The number of carbonyl (C=O) groups excluding carboxylic acids is 2. The van der Waals surface area contributed by atoms with Gasteiger partial charge in [-0.05, 0) is 42.7 Å². The van der Waals surface area contributed by atoms with Crippen LogP contribution in [0, 0.1) is 6.92 Å². The summed E-state index contributed by atoms with van der Waals surface area (Å²) in [6.45, 7) is 4.49. The van der Waals surface area contributed by atoms with E-state index < -0.39 is 6.04 Å². The highest BCUT2D eigenvalue weighted by atomic mass is 35.5. The molecule has 1 fully saturated rings. The summed E-state index contributed by atoms with van der Waals surface area (Å²) >= 11 is 13.8. The molecule has 1 saturated heterocycles. The molecule has 3 rings (SSSR count). The number of amides is 2. The van der Waals surface area contributed by atoms with Crippen LogP contribution >= 0.6 is 35.0 Å². The molecule has 2 amide bonds. The van der Waals surface area contributed by atoms with Crippen LogP contribution in [0.4, 0.5) is 0 Å². The first-order chi connectivity index (χ1) is 13.4. The Kier molecular flexibility index (Phi) is 6.91. The van der Waals surface area contributed by atoms with Crippen LogP contribution in [0.15, 0.2) is 42.5 Å². The average Bonchev–Trinajstić information content (AvgIpc) is 3.13. The molecule has 1 aliphatic heterocycles. The minimum absolute atomic E-state index is 0.126. The van der Waals surface area contributed by atoms with E-state index in [1.54, 1.807) is 34.9 Å². The average molecular weight is 437 g/mol. The van der Waals surface area contributed by atoms with Gasteiger partial charge in [0.2, 0.25) is 5.91 Å². The molecule has 0 aliphatic carbocycles. The van der Waals surface area contributed by atoms with Gasteiger partial charge in [0.05, 0.1) is 10.0 Å². The lowest BCUT2D eigenvalue weighted by atomic mass is 10.1. The molecule has 2 aromatic rings. The second-order valence-corrected chi connectivity index (χ2v) is 8.62. The summed E-state index contributed by atoms with van der Waals surface area (Å²) in [7, 11) is 0. The minimum atomic E-state index is -0.539. The Morgan fingerprint density at radius 1 is 1.18 bits per heavy atom. The van der Waals surface area contributed by atoms with Crippen molar-refractivity contribution in [1.29, 1.82) is 0 Å². The van der Waals surface area contributed by atoms with Crippen molar-refractivity contribution in [2.24, 2.45) is 0 Å². The number of nitrogens with one attached hydrogen (secondary N) is 1. The van der Waals surface area contributed by atoms with Gasteiger partial charge in [-0.2, -0.15) is 0 Å². The van der Waals surface area contributed by atoms with E-state index in [1.807, 2.05) is 38.1 Å². The smallest absolute Gasteiger partial charge is 0.256 e. The van der Waals surface area contributed by atoms with Crippen molar-refractivity contribution in [2.75, 3.05) is 12.3 Å². The van der Waals surface area contributed by atoms with Gasteiger partial charge in [0.25, 0.3) is 5.91 Å². The van der Waals surface area contributed by atoms with E-state index in [9.17, 15) is 9.59 Å². The molecule has 1 aliphatic rings. The predicted octanol–water partition coefficient (Wildman–Crippen LogP) is 5.08. The van der Waals surface area contributed by atoms with Gasteiger partial charge >= 0.3 is 0 Å². The Morgan fingerprint density at radius 3 is 2.61 bits per heavy atom. The molecular formula is C21H22Cl2N2O2S. The van der Waals surface area contributed by atoms with Crippen LogP contribution in [0.3, 0.4) is 0 Å². The second-order valence-electron chi connectivity index (χ2n) is 6.69. The van der Waals surface area contributed by atoms with Crippen LogP contribution in [0.1, 0.15) is 40.2 Å². The number of thioether (sulfide) groups is 1. The standard InChI is InChI=1S/C21H22Cl2N2O2S/c1-3-10-24-19(26)18-12-28-21(14-8-9-16(22)17(23)11-14)25(18)20(27)15-7-5-4-6-13(15)2/h4-9,11,18,21H,3,10,12H2,1-2H3,(H,24,26). The monoisotopic (exact) mass is 436 g/mol. The SMILES string of the molecule is CCCNC(=O)C1CSC(c2ccc(Cl)c(Cl)c2)N1C(=O)c1ccccc1C. The van der Waals surface area contributed by atoms with E-state index in [0.717, 1.165) is 17.5 Å². The molecule has 7 heteroatoms. The molecule has 1 heterocycles. The number of hydrogen-bond acceptors (Lipinski definition) is 3. The summed E-state index contributed by atoms with van der Waals surface area (Å²) in [5, 5.41) is 3.51. The Bertz CT molecular complexity index is 890. The molecule has 28 heavy (non-hydrogen) atoms. The van der Waals surface area contributed by atoms with Gasteiger partial charge < -0.3 is 10.2 Å². The lowest BCUT2D eigenvalue weighted by Crippen LogP contribution is -2.48. The highest BCUT2D eigenvalue weighted by Gasteiger charge is 2.42. The number of carbonyl (C=O) groups is 2. The molecule has 148 valence electrons. The zero-order valence-corrected chi connectivity index (χ0v) is 18.1. The minimum Gasteiger partial charge on any atom is -0.354 e. The van der Waals surface area contributed by atoms with Crippen molar-refractivity contribution < 1.29 is 9.59 Å². The fourth-order valence-corrected chi connectivity index (χ4v) is 4.92. The molecule has 2 aromatic carbocycles. The van der Waals surface area contributed by atoms with Crippen molar-refractivity contribution in [1.82, 2.24) is 10.2 Å². The van der Waals surface area contributed by atoms with E-state index in [4.69, 9.17) is 23.2 Å². The normalized spacial score (nSPS) is 18.9. The van der Waals surface area contributed by atoms with Gasteiger partial charge in [0, 0.05) is 17.9 Å². The van der Waals surface area contributed by atoms with Crippen molar-refractivity contribution in [3.05, 3.63) is 69.2 Å². The van der Waals surface area contributed by atoms with Crippen LogP contribution < -0.4 is 5.32 Å². The molecule has 2 atom stereocenters. The van der Waals surface area contributed by atoms with E-state index in [0.29, 0.717) is 27.9 Å². The molecule has 0 spiro atoms. The van der Waals surface area contributed by atoms with Crippen LogP contribution in [-0.2, 0) is 4.79 Å². The first-order valence-corrected chi connectivity index (χ1v) is 11.0. The maximum Gasteiger partial charge on any atom is 0.256 e. The fraction of sp³-hybridized carbons (Fsp3) is 0.333. The van der Waals surface area contributed by atoms with Gasteiger partial charge in [-0.1, -0.05) is 54.4 Å². The summed E-state index contributed by atoms with van der Waals surface area (Å²) in [6, 6.07) is 12.2. The number of benzene rings is 2. The maximum absolute atomic E-state index is 13.5. The fourth-order valence-electron chi connectivity index (χ4n) is 3.20. The first-order valence-electron chi connectivity index (χ1n) is 9.16. The molecule has 2 unspecified atom stereocenters. The Hall–Kier alpha value is -1.69. The third kappa shape index (κ3) is 4.32. The topological polar surface area (TPSA) is 49.4 Å². The zero-order valence-electron chi connectivity index (χ0n) is 15.7. The summed E-state index contributed by atoms with van der Waals surface area (Å²) < 4.78 is 0. The number of rotatable bonds is 5. The molecule has 0 bridgehead atoms. The number of hydrogen-bond donors (Lipinski definition) is 1. The molecule has 4 nitrogen and oxygen atoms in total. The van der Waals surface area contributed by atoms with E-state index in [2.05, 4.69) is 5.32 Å².